The van der Waals surface area contributed by atoms with Gasteiger partial charge < -0.3 is 15.5 Å². The maximum Gasteiger partial charge on any atom is 0.318 e. The van der Waals surface area contributed by atoms with Crippen molar-refractivity contribution in [2.75, 3.05) is 31.5 Å². The van der Waals surface area contributed by atoms with Gasteiger partial charge in [-0.25, -0.2) is 4.79 Å². The van der Waals surface area contributed by atoms with Crippen molar-refractivity contribution in [3.05, 3.63) is 65.7 Å². The van der Waals surface area contributed by atoms with Crippen LogP contribution in [0.1, 0.15) is 29.8 Å². The number of carbonyl (C=O) groups is 3. The highest BCUT2D eigenvalue weighted by atomic mass is 16.2. The molecule has 0 saturated carbocycles. The second-order valence-electron chi connectivity index (χ2n) is 7.54. The van der Waals surface area contributed by atoms with Crippen molar-refractivity contribution < 1.29 is 14.4 Å². The second-order valence-corrected chi connectivity index (χ2v) is 7.54. The standard InChI is InChI=1S/C23H28N4O3/c1-17(22(29)25-21-10-8-20(9-11-21)18(2)28)24-23(30)27-14-12-26(13-15-27)16-19-6-4-3-5-7-19/h3-11,17H,12-16H2,1-2H3,(H,24,30)(H,25,29)/t17-/m1/s1. The zero-order valence-electron chi connectivity index (χ0n) is 17.4. The number of anilines is 1. The molecule has 0 aliphatic carbocycles. The summed E-state index contributed by atoms with van der Waals surface area (Å²) in [4.78, 5) is 40.3. The van der Waals surface area contributed by atoms with Crippen LogP contribution in [0.3, 0.4) is 0 Å². The van der Waals surface area contributed by atoms with E-state index in [4.69, 9.17) is 0 Å². The van der Waals surface area contributed by atoms with Gasteiger partial charge in [0.25, 0.3) is 0 Å². The molecule has 0 spiro atoms. The number of Topliss-reactive ketones (excluding diaryl/α,β-unsaturated/α-hetero) is 1. The zero-order chi connectivity index (χ0) is 21.5. The zero-order valence-corrected chi connectivity index (χ0v) is 17.4. The minimum absolute atomic E-state index is 0.0302. The second kappa shape index (κ2) is 10.0. The van der Waals surface area contributed by atoms with E-state index in [-0.39, 0.29) is 17.7 Å². The number of hydrogen-bond donors (Lipinski definition) is 2. The monoisotopic (exact) mass is 408 g/mol. The molecule has 7 nitrogen and oxygen atoms in total. The van der Waals surface area contributed by atoms with Crippen molar-refractivity contribution in [2.45, 2.75) is 26.4 Å². The third-order valence-corrected chi connectivity index (χ3v) is 5.20. The van der Waals surface area contributed by atoms with Crippen LogP contribution in [0.4, 0.5) is 10.5 Å². The van der Waals surface area contributed by atoms with Crippen LogP contribution < -0.4 is 10.6 Å². The molecule has 1 atom stereocenters. The molecule has 7 heteroatoms. The molecule has 3 rings (SSSR count). The molecule has 1 saturated heterocycles. The van der Waals surface area contributed by atoms with Gasteiger partial charge in [0, 0.05) is 44.0 Å². The van der Waals surface area contributed by atoms with Crippen LogP contribution in [0.25, 0.3) is 0 Å². The van der Waals surface area contributed by atoms with E-state index in [1.54, 1.807) is 36.1 Å². The number of piperazine rings is 1. The fourth-order valence-electron chi connectivity index (χ4n) is 3.33. The predicted octanol–water partition coefficient (Wildman–Crippen LogP) is 2.74. The molecule has 0 bridgehead atoms. The van der Waals surface area contributed by atoms with E-state index in [9.17, 15) is 14.4 Å². The Morgan fingerprint density at radius 2 is 1.57 bits per heavy atom. The van der Waals surface area contributed by atoms with Crippen LogP contribution in [-0.2, 0) is 11.3 Å². The Morgan fingerprint density at radius 1 is 0.933 bits per heavy atom. The molecule has 1 fully saturated rings. The van der Waals surface area contributed by atoms with E-state index >= 15 is 0 Å². The average Bonchev–Trinajstić information content (AvgIpc) is 2.75. The van der Waals surface area contributed by atoms with Crippen LogP contribution in [-0.4, -0.2) is 59.7 Å². The summed E-state index contributed by atoms with van der Waals surface area (Å²) in [7, 11) is 0. The minimum atomic E-state index is -0.674. The van der Waals surface area contributed by atoms with Crippen molar-refractivity contribution in [1.29, 1.82) is 0 Å². The number of ketones is 1. The Labute approximate surface area is 177 Å². The first-order valence-electron chi connectivity index (χ1n) is 10.2. The van der Waals surface area contributed by atoms with E-state index < -0.39 is 6.04 Å². The Morgan fingerprint density at radius 3 is 2.17 bits per heavy atom. The Balaban J connectivity index is 1.43. The molecule has 2 aromatic rings. The predicted molar refractivity (Wildman–Crippen MR) is 116 cm³/mol. The van der Waals surface area contributed by atoms with E-state index in [0.717, 1.165) is 19.6 Å². The average molecular weight is 409 g/mol. The lowest BCUT2D eigenvalue weighted by molar-refractivity contribution is -0.117. The molecule has 30 heavy (non-hydrogen) atoms. The number of urea groups is 1. The summed E-state index contributed by atoms with van der Waals surface area (Å²) in [6.07, 6.45) is 0. The molecule has 0 radical (unpaired) electrons. The summed E-state index contributed by atoms with van der Waals surface area (Å²) < 4.78 is 0. The largest absolute Gasteiger partial charge is 0.326 e. The van der Waals surface area contributed by atoms with Gasteiger partial charge in [-0.2, -0.15) is 0 Å². The third kappa shape index (κ3) is 5.90. The molecule has 1 heterocycles. The van der Waals surface area contributed by atoms with E-state index in [1.165, 1.54) is 12.5 Å². The highest BCUT2D eigenvalue weighted by Gasteiger charge is 2.24. The summed E-state index contributed by atoms with van der Waals surface area (Å²) >= 11 is 0. The summed E-state index contributed by atoms with van der Waals surface area (Å²) in [6.45, 7) is 6.86. The molecular formula is C23H28N4O3. The van der Waals surface area contributed by atoms with Crippen LogP contribution >= 0.6 is 0 Å². The maximum absolute atomic E-state index is 12.5. The number of nitrogens with zero attached hydrogens (tertiary/aromatic N) is 2. The summed E-state index contributed by atoms with van der Waals surface area (Å²) in [5, 5.41) is 5.52. The van der Waals surface area contributed by atoms with Crippen LogP contribution in [0, 0.1) is 0 Å². The van der Waals surface area contributed by atoms with Crippen LogP contribution in [0.2, 0.25) is 0 Å². The third-order valence-electron chi connectivity index (χ3n) is 5.20. The lowest BCUT2D eigenvalue weighted by Gasteiger charge is -2.35. The smallest absolute Gasteiger partial charge is 0.318 e. The quantitative estimate of drug-likeness (QED) is 0.720. The summed E-state index contributed by atoms with van der Waals surface area (Å²) in [5.41, 5.74) is 2.43. The number of amides is 3. The van der Waals surface area contributed by atoms with Gasteiger partial charge in [0.2, 0.25) is 5.91 Å². The minimum Gasteiger partial charge on any atom is -0.326 e. The number of benzene rings is 2. The fraction of sp³-hybridized carbons (Fsp3) is 0.348. The topological polar surface area (TPSA) is 81.8 Å². The summed E-state index contributed by atoms with van der Waals surface area (Å²) in [5.74, 6) is -0.334. The SMILES string of the molecule is CC(=O)c1ccc(NC(=O)[C@@H](C)NC(=O)N2CCN(Cc3ccccc3)CC2)cc1. The number of hydrogen-bond acceptors (Lipinski definition) is 4. The molecule has 158 valence electrons. The lowest BCUT2D eigenvalue weighted by atomic mass is 10.1. The molecule has 2 N–H and O–H groups in total. The van der Waals surface area contributed by atoms with Crippen molar-refractivity contribution in [3.8, 4) is 0 Å². The molecule has 3 amide bonds. The van der Waals surface area contributed by atoms with Crippen molar-refractivity contribution in [3.63, 3.8) is 0 Å². The lowest BCUT2D eigenvalue weighted by Crippen LogP contribution is -2.54. The first kappa shape index (κ1) is 21.5. The summed E-state index contributed by atoms with van der Waals surface area (Å²) in [6, 6.07) is 16.0. The van der Waals surface area contributed by atoms with Gasteiger partial charge in [-0.15, -0.1) is 0 Å². The fourth-order valence-corrected chi connectivity index (χ4v) is 3.33. The van der Waals surface area contributed by atoms with Gasteiger partial charge in [0.05, 0.1) is 0 Å². The van der Waals surface area contributed by atoms with E-state index in [1.807, 2.05) is 18.2 Å². The van der Waals surface area contributed by atoms with Crippen molar-refractivity contribution in [2.24, 2.45) is 0 Å². The molecule has 0 unspecified atom stereocenters. The number of carbonyl (C=O) groups excluding carboxylic acids is 3. The van der Waals surface area contributed by atoms with E-state index in [0.29, 0.717) is 24.3 Å². The molecule has 0 aromatic heterocycles. The number of nitrogens with one attached hydrogen (secondary N) is 2. The highest BCUT2D eigenvalue weighted by Crippen LogP contribution is 2.11. The first-order chi connectivity index (χ1) is 14.4. The first-order valence-corrected chi connectivity index (χ1v) is 10.2. The van der Waals surface area contributed by atoms with Gasteiger partial charge in [-0.3, -0.25) is 14.5 Å². The molecule has 1 aliphatic heterocycles. The molecule has 1 aliphatic rings. The van der Waals surface area contributed by atoms with Crippen LogP contribution in [0.5, 0.6) is 0 Å². The molecule has 2 aromatic carbocycles. The normalized spacial score (nSPS) is 15.3. The Hall–Kier alpha value is -3.19. The Kier molecular flexibility index (Phi) is 7.19. The van der Waals surface area contributed by atoms with Crippen LogP contribution in [0.15, 0.2) is 54.6 Å². The van der Waals surface area contributed by atoms with Gasteiger partial charge in [0.15, 0.2) is 5.78 Å². The Bertz CT molecular complexity index is 875. The van der Waals surface area contributed by atoms with Gasteiger partial charge in [-0.05, 0) is 43.7 Å². The van der Waals surface area contributed by atoms with Gasteiger partial charge >= 0.3 is 6.03 Å². The molecular weight excluding hydrogens is 380 g/mol. The van der Waals surface area contributed by atoms with E-state index in [2.05, 4.69) is 27.7 Å². The van der Waals surface area contributed by atoms with Gasteiger partial charge in [0.1, 0.15) is 6.04 Å². The highest BCUT2D eigenvalue weighted by molar-refractivity contribution is 5.98. The van der Waals surface area contributed by atoms with Crippen molar-refractivity contribution in [1.82, 2.24) is 15.1 Å². The van der Waals surface area contributed by atoms with Gasteiger partial charge in [-0.1, -0.05) is 30.3 Å². The van der Waals surface area contributed by atoms with Crippen molar-refractivity contribution >= 4 is 23.4 Å². The number of rotatable bonds is 6. The maximum atomic E-state index is 12.5.